The molecule has 1 aliphatic rings. The molecule has 2 aromatic heterocycles. The van der Waals surface area contributed by atoms with Gasteiger partial charge < -0.3 is 14.8 Å². The maximum atomic E-state index is 15.3. The number of hydrogen-bond acceptors (Lipinski definition) is 7. The van der Waals surface area contributed by atoms with Gasteiger partial charge >= 0.3 is 0 Å². The van der Waals surface area contributed by atoms with Crippen molar-refractivity contribution >= 4 is 5.91 Å². The van der Waals surface area contributed by atoms with Crippen molar-refractivity contribution in [2.24, 2.45) is 0 Å². The Labute approximate surface area is 228 Å². The minimum atomic E-state index is -2.89. The zero-order valence-corrected chi connectivity index (χ0v) is 22.2. The Bertz CT molecular complexity index is 1540. The molecule has 5 rings (SSSR count). The molecule has 0 fully saturated rings. The van der Waals surface area contributed by atoms with E-state index in [9.17, 15) is 13.6 Å². The van der Waals surface area contributed by atoms with E-state index < -0.39 is 24.0 Å². The number of alkyl halides is 2. The summed E-state index contributed by atoms with van der Waals surface area (Å²) in [6.07, 6.45) is -0.203. The summed E-state index contributed by atoms with van der Waals surface area (Å²) < 4.78 is 54.4. The number of carbonyl (C=O) groups excluding carboxylic acids is 1. The highest BCUT2D eigenvalue weighted by Crippen LogP contribution is 2.27. The summed E-state index contributed by atoms with van der Waals surface area (Å²) in [5, 5.41) is 11.0. The van der Waals surface area contributed by atoms with Gasteiger partial charge in [0.1, 0.15) is 12.0 Å². The molecule has 0 saturated heterocycles. The maximum absolute atomic E-state index is 15.3. The molecule has 4 aromatic rings. The van der Waals surface area contributed by atoms with Crippen LogP contribution >= 0.6 is 0 Å². The van der Waals surface area contributed by atoms with Gasteiger partial charge in [-0.3, -0.25) is 14.4 Å². The van der Waals surface area contributed by atoms with Gasteiger partial charge in [-0.1, -0.05) is 18.2 Å². The van der Waals surface area contributed by atoms with E-state index in [-0.39, 0.29) is 35.7 Å². The third-order valence-electron chi connectivity index (χ3n) is 6.64. The number of halogens is 3. The highest BCUT2D eigenvalue weighted by Gasteiger charge is 2.22. The van der Waals surface area contributed by atoms with Crippen molar-refractivity contribution in [2.45, 2.75) is 39.2 Å². The molecule has 10 nitrogen and oxygen atoms in total. The molecule has 0 saturated carbocycles. The first kappa shape index (κ1) is 27.3. The zero-order valence-electron chi connectivity index (χ0n) is 22.2. The molecule has 210 valence electrons. The third kappa shape index (κ3) is 5.56. The summed E-state index contributed by atoms with van der Waals surface area (Å²) in [6.45, 7) is 2.07. The fourth-order valence-electron chi connectivity index (χ4n) is 4.76. The molecule has 0 spiro atoms. The van der Waals surface area contributed by atoms with Crippen molar-refractivity contribution in [1.29, 1.82) is 0 Å². The summed E-state index contributed by atoms with van der Waals surface area (Å²) in [7, 11) is 4.87. The largest absolute Gasteiger partial charge is 0.494 e. The topological polar surface area (TPSA) is 99.3 Å². The first-order chi connectivity index (χ1) is 19.3. The SMILES string of the molecule is COCc1nn(Cc2ccc3c(c2)CN(C)C3)cc1C(=O)NCc1c(-n2cnc(C(F)F)n2)ccc(OC)c1F. The molecule has 13 heteroatoms. The molecular weight excluding hydrogens is 527 g/mol. The second-order valence-electron chi connectivity index (χ2n) is 9.51. The Morgan fingerprint density at radius 2 is 1.93 bits per heavy atom. The van der Waals surface area contributed by atoms with Gasteiger partial charge in [0.05, 0.1) is 31.5 Å². The van der Waals surface area contributed by atoms with E-state index in [1.807, 2.05) is 6.07 Å². The van der Waals surface area contributed by atoms with Gasteiger partial charge in [-0.15, -0.1) is 5.10 Å². The summed E-state index contributed by atoms with van der Waals surface area (Å²) in [6, 6.07) is 9.10. The van der Waals surface area contributed by atoms with Crippen LogP contribution in [0.1, 0.15) is 50.6 Å². The molecule has 3 heterocycles. The average molecular weight is 556 g/mol. The van der Waals surface area contributed by atoms with Gasteiger partial charge in [0.25, 0.3) is 12.3 Å². The standard InChI is InChI=1S/C27H28F3N7O3/c1-35-11-17-5-4-16(8-18(17)12-35)10-36-13-20(21(33-36)14-39-2)27(38)31-9-19-22(6-7-23(40-3)24(19)28)37-15-32-26(34-37)25(29)30/h4-8,13,15,25H,9-12,14H2,1-3H3,(H,31,38). The van der Waals surface area contributed by atoms with E-state index in [2.05, 4.69) is 44.6 Å². The predicted octanol–water partition coefficient (Wildman–Crippen LogP) is 3.62. The van der Waals surface area contributed by atoms with Gasteiger partial charge in [-0.25, -0.2) is 22.8 Å². The molecule has 1 amide bonds. The molecule has 0 unspecified atom stereocenters. The monoisotopic (exact) mass is 555 g/mol. The first-order valence-corrected chi connectivity index (χ1v) is 12.5. The molecule has 1 aliphatic heterocycles. The van der Waals surface area contributed by atoms with Gasteiger partial charge in [0, 0.05) is 38.5 Å². The number of fused-ring (bicyclic) bond motifs is 1. The number of aromatic nitrogens is 5. The van der Waals surface area contributed by atoms with Crippen molar-refractivity contribution in [3.05, 3.63) is 88.0 Å². The lowest BCUT2D eigenvalue weighted by Gasteiger charge is -2.14. The molecule has 1 N–H and O–H groups in total. The van der Waals surface area contributed by atoms with Crippen LogP contribution in [0.2, 0.25) is 0 Å². The normalized spacial score (nSPS) is 13.2. The number of amides is 1. The third-order valence-corrected chi connectivity index (χ3v) is 6.64. The van der Waals surface area contributed by atoms with Gasteiger partial charge in [0.15, 0.2) is 11.6 Å². The second kappa shape index (κ2) is 11.5. The highest BCUT2D eigenvalue weighted by atomic mass is 19.3. The fourth-order valence-corrected chi connectivity index (χ4v) is 4.76. The summed E-state index contributed by atoms with van der Waals surface area (Å²) in [4.78, 5) is 19.1. The summed E-state index contributed by atoms with van der Waals surface area (Å²) in [5.74, 6) is -2.03. The van der Waals surface area contributed by atoms with E-state index in [1.165, 1.54) is 37.5 Å². The van der Waals surface area contributed by atoms with Crippen LogP contribution in [0.25, 0.3) is 5.69 Å². The number of nitrogens with zero attached hydrogens (tertiary/aromatic N) is 6. The smallest absolute Gasteiger partial charge is 0.299 e. The Balaban J connectivity index is 1.37. The lowest BCUT2D eigenvalue weighted by atomic mass is 10.1. The van der Waals surface area contributed by atoms with Gasteiger partial charge in [-0.05, 0) is 35.9 Å². The van der Waals surface area contributed by atoms with Crippen molar-refractivity contribution in [1.82, 2.24) is 34.8 Å². The molecule has 0 aliphatic carbocycles. The van der Waals surface area contributed by atoms with Crippen LogP contribution in [0.4, 0.5) is 13.2 Å². The molecule has 0 radical (unpaired) electrons. The van der Waals surface area contributed by atoms with Crippen LogP contribution < -0.4 is 10.1 Å². The van der Waals surface area contributed by atoms with E-state index >= 15 is 4.39 Å². The van der Waals surface area contributed by atoms with Crippen LogP contribution in [0.3, 0.4) is 0 Å². The zero-order chi connectivity index (χ0) is 28.4. The van der Waals surface area contributed by atoms with Crippen molar-refractivity contribution < 1.29 is 27.4 Å². The van der Waals surface area contributed by atoms with E-state index in [0.29, 0.717) is 12.2 Å². The lowest BCUT2D eigenvalue weighted by Crippen LogP contribution is -2.25. The lowest BCUT2D eigenvalue weighted by molar-refractivity contribution is 0.0945. The number of nitrogens with one attached hydrogen (secondary N) is 1. The minimum absolute atomic E-state index is 0.0118. The summed E-state index contributed by atoms with van der Waals surface area (Å²) >= 11 is 0. The van der Waals surface area contributed by atoms with E-state index in [0.717, 1.165) is 29.7 Å². The number of methoxy groups -OCH3 is 2. The Morgan fingerprint density at radius 1 is 1.12 bits per heavy atom. The van der Waals surface area contributed by atoms with E-state index in [4.69, 9.17) is 9.47 Å². The van der Waals surface area contributed by atoms with Crippen LogP contribution in [0.15, 0.2) is 42.9 Å². The number of carbonyl (C=O) groups is 1. The number of ether oxygens (including phenoxy) is 2. The van der Waals surface area contributed by atoms with Crippen LogP contribution in [0, 0.1) is 5.82 Å². The molecular formula is C27H28F3N7O3. The van der Waals surface area contributed by atoms with Crippen LogP contribution in [0.5, 0.6) is 5.75 Å². The minimum Gasteiger partial charge on any atom is -0.494 e. The number of hydrogen-bond donors (Lipinski definition) is 1. The number of rotatable bonds is 10. The van der Waals surface area contributed by atoms with E-state index in [1.54, 1.807) is 10.9 Å². The summed E-state index contributed by atoms with van der Waals surface area (Å²) in [5.41, 5.74) is 4.43. The highest BCUT2D eigenvalue weighted by molar-refractivity contribution is 5.95. The molecule has 0 atom stereocenters. The molecule has 0 bridgehead atoms. The second-order valence-corrected chi connectivity index (χ2v) is 9.51. The number of benzene rings is 2. The van der Waals surface area contributed by atoms with Crippen molar-refractivity contribution in [3.63, 3.8) is 0 Å². The van der Waals surface area contributed by atoms with Crippen LogP contribution in [-0.4, -0.2) is 56.6 Å². The van der Waals surface area contributed by atoms with Crippen molar-refractivity contribution in [2.75, 3.05) is 21.3 Å². The molecule has 40 heavy (non-hydrogen) atoms. The molecule has 2 aromatic carbocycles. The maximum Gasteiger partial charge on any atom is 0.299 e. The van der Waals surface area contributed by atoms with Crippen LogP contribution in [-0.2, 0) is 37.5 Å². The van der Waals surface area contributed by atoms with Gasteiger partial charge in [0.2, 0.25) is 5.82 Å². The average Bonchev–Trinajstić information content (AvgIpc) is 3.66. The predicted molar refractivity (Wildman–Crippen MR) is 138 cm³/mol. The Kier molecular flexibility index (Phi) is 7.85. The first-order valence-electron chi connectivity index (χ1n) is 12.5. The Hall–Kier alpha value is -4.23. The fraction of sp³-hybridized carbons (Fsp3) is 0.333. The van der Waals surface area contributed by atoms with Crippen molar-refractivity contribution in [3.8, 4) is 11.4 Å². The Morgan fingerprint density at radius 3 is 2.65 bits per heavy atom. The van der Waals surface area contributed by atoms with Gasteiger partial charge in [-0.2, -0.15) is 5.10 Å². The quantitative estimate of drug-likeness (QED) is 0.319.